The minimum absolute atomic E-state index is 0.0302. The third-order valence-corrected chi connectivity index (χ3v) is 5.16. The number of carbonyl (C=O) groups excluding carboxylic acids is 1. The van der Waals surface area contributed by atoms with Gasteiger partial charge in [0.2, 0.25) is 5.91 Å². The zero-order valence-corrected chi connectivity index (χ0v) is 15.0. The lowest BCUT2D eigenvalue weighted by atomic mass is 9.94. The second-order valence-electron chi connectivity index (χ2n) is 6.76. The highest BCUT2D eigenvalue weighted by atomic mass is 16.2. The molecule has 1 aliphatic rings. The van der Waals surface area contributed by atoms with E-state index in [1.807, 2.05) is 49.6 Å². The molecule has 6 nitrogen and oxygen atoms in total. The maximum Gasteiger partial charge on any atom is 0.223 e. The number of aromatic nitrogens is 2. The van der Waals surface area contributed by atoms with Gasteiger partial charge < -0.3 is 10.2 Å². The average Bonchev–Trinajstić information content (AvgIpc) is 3.00. The number of nitrogens with one attached hydrogen (secondary N) is 1. The largest absolute Gasteiger partial charge is 0.383 e. The third-order valence-electron chi connectivity index (χ3n) is 5.16. The molecule has 134 valence electrons. The Labute approximate surface area is 157 Å². The number of likely N-dealkylation sites (tertiary alicyclic amines) is 1. The number of nitriles is 1. The Morgan fingerprint density at radius 3 is 2.89 bits per heavy atom. The molecule has 0 spiro atoms. The molecule has 1 aliphatic heterocycles. The Morgan fingerprint density at radius 2 is 2.11 bits per heavy atom. The molecule has 1 aromatic carbocycles. The smallest absolute Gasteiger partial charge is 0.223 e. The Morgan fingerprint density at radius 1 is 1.26 bits per heavy atom. The van der Waals surface area contributed by atoms with Crippen molar-refractivity contribution in [2.75, 3.05) is 18.9 Å². The highest BCUT2D eigenvalue weighted by Crippen LogP contribution is 2.37. The van der Waals surface area contributed by atoms with Crippen LogP contribution in [-0.2, 0) is 4.79 Å². The van der Waals surface area contributed by atoms with Gasteiger partial charge in [0.1, 0.15) is 6.07 Å². The Hall–Kier alpha value is -3.46. The van der Waals surface area contributed by atoms with Gasteiger partial charge in [-0.3, -0.25) is 14.8 Å². The van der Waals surface area contributed by atoms with Gasteiger partial charge in [-0.15, -0.1) is 0 Å². The van der Waals surface area contributed by atoms with Gasteiger partial charge >= 0.3 is 0 Å². The molecule has 0 bridgehead atoms. The molecule has 1 fully saturated rings. The van der Waals surface area contributed by atoms with Crippen molar-refractivity contribution in [2.24, 2.45) is 5.92 Å². The zero-order valence-electron chi connectivity index (χ0n) is 15.0. The zero-order chi connectivity index (χ0) is 18.8. The van der Waals surface area contributed by atoms with Crippen LogP contribution in [-0.4, -0.2) is 34.4 Å². The first kappa shape index (κ1) is 17.0. The number of benzene rings is 1. The van der Waals surface area contributed by atoms with Gasteiger partial charge in [-0.25, -0.2) is 0 Å². The van der Waals surface area contributed by atoms with Crippen LogP contribution in [0.4, 0.5) is 5.69 Å². The number of rotatable bonds is 4. The van der Waals surface area contributed by atoms with Crippen LogP contribution >= 0.6 is 0 Å². The van der Waals surface area contributed by atoms with E-state index in [2.05, 4.69) is 21.4 Å². The van der Waals surface area contributed by atoms with Gasteiger partial charge in [0.05, 0.1) is 22.8 Å². The van der Waals surface area contributed by atoms with E-state index in [1.165, 1.54) is 0 Å². The second kappa shape index (κ2) is 7.04. The summed E-state index contributed by atoms with van der Waals surface area (Å²) in [5, 5.41) is 13.8. The van der Waals surface area contributed by atoms with Gasteiger partial charge in [0, 0.05) is 49.9 Å². The molecular formula is C21H19N5O. The van der Waals surface area contributed by atoms with E-state index < -0.39 is 0 Å². The Balaban J connectivity index is 1.64. The fraction of sp³-hybridized carbons (Fsp3) is 0.238. The quantitative estimate of drug-likeness (QED) is 0.776. The maximum absolute atomic E-state index is 12.3. The number of para-hydroxylation sites is 1. The number of anilines is 1. The van der Waals surface area contributed by atoms with E-state index in [4.69, 9.17) is 0 Å². The standard InChI is InChI=1S/C21H19N5O/c1-26-19(27)9-15(21(26)14-5-4-8-23-11-14)12-25-20-16(10-22)13-24-18-7-3-2-6-17(18)20/h2-8,11,13,15,21H,9,12H2,1H3,(H,24,25)/t15-,21-/m0/s1. The topological polar surface area (TPSA) is 81.9 Å². The summed E-state index contributed by atoms with van der Waals surface area (Å²) in [4.78, 5) is 22.7. The normalized spacial score (nSPS) is 19.3. The van der Waals surface area contributed by atoms with Crippen molar-refractivity contribution in [2.45, 2.75) is 12.5 Å². The van der Waals surface area contributed by atoms with Crippen molar-refractivity contribution >= 4 is 22.5 Å². The van der Waals surface area contributed by atoms with E-state index >= 15 is 0 Å². The number of nitrogens with zero attached hydrogens (tertiary/aromatic N) is 4. The summed E-state index contributed by atoms with van der Waals surface area (Å²) in [5.41, 5.74) is 3.14. The van der Waals surface area contributed by atoms with Crippen LogP contribution in [0.1, 0.15) is 23.6 Å². The van der Waals surface area contributed by atoms with Crippen LogP contribution in [0.5, 0.6) is 0 Å². The molecular weight excluding hydrogens is 338 g/mol. The molecule has 6 heteroatoms. The van der Waals surface area contributed by atoms with Crippen LogP contribution < -0.4 is 5.32 Å². The molecule has 0 saturated carbocycles. The van der Waals surface area contributed by atoms with Crippen molar-refractivity contribution in [3.8, 4) is 6.07 Å². The predicted octanol–water partition coefficient (Wildman–Crippen LogP) is 3.13. The molecule has 1 saturated heterocycles. The summed E-state index contributed by atoms with van der Waals surface area (Å²) < 4.78 is 0. The molecule has 0 unspecified atom stereocenters. The highest BCUT2D eigenvalue weighted by molar-refractivity contribution is 5.93. The molecule has 2 aromatic heterocycles. The predicted molar refractivity (Wildman–Crippen MR) is 103 cm³/mol. The lowest BCUT2D eigenvalue weighted by Gasteiger charge is -2.26. The van der Waals surface area contributed by atoms with Gasteiger partial charge in [0.25, 0.3) is 0 Å². The Bertz CT molecular complexity index is 1030. The van der Waals surface area contributed by atoms with E-state index in [0.717, 1.165) is 22.2 Å². The number of hydrogen-bond acceptors (Lipinski definition) is 5. The van der Waals surface area contributed by atoms with E-state index in [0.29, 0.717) is 18.5 Å². The van der Waals surface area contributed by atoms with Gasteiger partial charge in [0.15, 0.2) is 0 Å². The van der Waals surface area contributed by atoms with Crippen LogP contribution in [0, 0.1) is 17.2 Å². The number of fused-ring (bicyclic) bond motifs is 1. The van der Waals surface area contributed by atoms with Crippen LogP contribution in [0.25, 0.3) is 10.9 Å². The van der Waals surface area contributed by atoms with E-state index in [1.54, 1.807) is 17.3 Å². The third kappa shape index (κ3) is 3.08. The van der Waals surface area contributed by atoms with Crippen LogP contribution in [0.3, 0.4) is 0 Å². The SMILES string of the molecule is CN1C(=O)C[C@@H](CNc2c(C#N)cnc3ccccc23)[C@@H]1c1cccnc1. The number of hydrogen-bond donors (Lipinski definition) is 1. The second-order valence-corrected chi connectivity index (χ2v) is 6.76. The minimum Gasteiger partial charge on any atom is -0.383 e. The fourth-order valence-corrected chi connectivity index (χ4v) is 3.83. The van der Waals surface area contributed by atoms with Gasteiger partial charge in [-0.2, -0.15) is 5.26 Å². The summed E-state index contributed by atoms with van der Waals surface area (Å²) >= 11 is 0. The molecule has 1 N–H and O–H groups in total. The number of carbonyl (C=O) groups is 1. The number of pyridine rings is 2. The summed E-state index contributed by atoms with van der Waals surface area (Å²) in [6.45, 7) is 0.582. The molecule has 27 heavy (non-hydrogen) atoms. The monoisotopic (exact) mass is 357 g/mol. The summed E-state index contributed by atoms with van der Waals surface area (Å²) in [5.74, 6) is 0.209. The molecule has 1 amide bonds. The summed E-state index contributed by atoms with van der Waals surface area (Å²) in [6, 6.07) is 13.8. The van der Waals surface area contributed by atoms with Crippen LogP contribution in [0.15, 0.2) is 55.0 Å². The molecule has 0 aliphatic carbocycles. The lowest BCUT2D eigenvalue weighted by Crippen LogP contribution is -2.26. The van der Waals surface area contributed by atoms with E-state index in [-0.39, 0.29) is 17.9 Å². The first-order valence-electron chi connectivity index (χ1n) is 8.86. The highest BCUT2D eigenvalue weighted by Gasteiger charge is 2.38. The average molecular weight is 357 g/mol. The van der Waals surface area contributed by atoms with Crippen LogP contribution in [0.2, 0.25) is 0 Å². The summed E-state index contributed by atoms with van der Waals surface area (Å²) in [6.07, 6.45) is 5.61. The summed E-state index contributed by atoms with van der Waals surface area (Å²) in [7, 11) is 1.84. The fourth-order valence-electron chi connectivity index (χ4n) is 3.83. The van der Waals surface area contributed by atoms with Gasteiger partial charge in [-0.1, -0.05) is 24.3 Å². The van der Waals surface area contributed by atoms with E-state index in [9.17, 15) is 10.1 Å². The molecule has 3 heterocycles. The Kier molecular flexibility index (Phi) is 4.43. The maximum atomic E-state index is 12.3. The van der Waals surface area contributed by atoms with Crippen molar-refractivity contribution in [1.82, 2.24) is 14.9 Å². The molecule has 0 radical (unpaired) electrons. The van der Waals surface area contributed by atoms with Crippen molar-refractivity contribution in [1.29, 1.82) is 5.26 Å². The lowest BCUT2D eigenvalue weighted by molar-refractivity contribution is -0.127. The minimum atomic E-state index is -0.0302. The first-order valence-corrected chi connectivity index (χ1v) is 8.86. The molecule has 4 rings (SSSR count). The number of amides is 1. The van der Waals surface area contributed by atoms with Crippen molar-refractivity contribution in [3.05, 3.63) is 66.1 Å². The van der Waals surface area contributed by atoms with Crippen molar-refractivity contribution in [3.63, 3.8) is 0 Å². The van der Waals surface area contributed by atoms with Crippen molar-refractivity contribution < 1.29 is 4.79 Å². The van der Waals surface area contributed by atoms with Gasteiger partial charge in [-0.05, 0) is 17.7 Å². The molecule has 2 atom stereocenters. The first-order chi connectivity index (χ1) is 13.2. The molecule has 3 aromatic rings.